The van der Waals surface area contributed by atoms with E-state index in [1.165, 1.54) is 17.6 Å². The molecular weight excluding hydrogens is 632 g/mol. The van der Waals surface area contributed by atoms with Crippen molar-refractivity contribution >= 4 is 24.8 Å². The van der Waals surface area contributed by atoms with Crippen molar-refractivity contribution in [2.75, 3.05) is 12.3 Å². The second-order valence-electron chi connectivity index (χ2n) is 3.86. The Balaban J connectivity index is 0. The number of aromatic nitrogens is 1. The van der Waals surface area contributed by atoms with E-state index in [2.05, 4.69) is 31.0 Å². The average molecular weight is 652 g/mol. The zero-order valence-corrected chi connectivity index (χ0v) is 18.8. The van der Waals surface area contributed by atoms with Gasteiger partial charge in [-0.05, 0) is 41.9 Å². The fourth-order valence-corrected chi connectivity index (χ4v) is 3.43. The van der Waals surface area contributed by atoms with Crippen molar-refractivity contribution in [3.8, 4) is 0 Å². The van der Waals surface area contributed by atoms with Crippen molar-refractivity contribution in [3.63, 3.8) is 0 Å². The number of pyridine rings is 1. The van der Waals surface area contributed by atoms with E-state index in [1.807, 2.05) is 30.3 Å². The van der Waals surface area contributed by atoms with Crippen LogP contribution in [0.15, 0.2) is 54.9 Å². The van der Waals surface area contributed by atoms with Crippen LogP contribution in [0, 0.1) is 0 Å². The quantitative estimate of drug-likeness (QED) is 0.219. The van der Waals surface area contributed by atoms with Crippen LogP contribution in [-0.4, -0.2) is 17.3 Å². The fourth-order valence-electron chi connectivity index (χ4n) is 1.55. The van der Waals surface area contributed by atoms with Crippen LogP contribution in [0.5, 0.6) is 0 Å². The summed E-state index contributed by atoms with van der Waals surface area (Å²) in [5.41, 5.74) is 0. The molecule has 0 atom stereocenters. The SMILES string of the molecule is CCP(CC)c1ccc(Cl)cc1.[Au+].[O-][I+2]([O-])[O-].c1ccncc1. The van der Waals surface area contributed by atoms with E-state index in [0.717, 1.165) is 5.02 Å². The molecule has 0 aliphatic carbocycles. The molecule has 0 saturated heterocycles. The molecule has 0 spiro atoms. The van der Waals surface area contributed by atoms with Gasteiger partial charge in [-0.25, -0.2) is 0 Å². The Labute approximate surface area is 168 Å². The molecule has 0 radical (unpaired) electrons. The van der Waals surface area contributed by atoms with Crippen LogP contribution in [0.1, 0.15) is 13.8 Å². The van der Waals surface area contributed by atoms with Gasteiger partial charge in [0.15, 0.2) is 0 Å². The minimum atomic E-state index is -4.01. The molecule has 2 rings (SSSR count). The summed E-state index contributed by atoms with van der Waals surface area (Å²) in [5.74, 6) is 0. The Bertz CT molecular complexity index is 446. The molecule has 1 aromatic carbocycles. The van der Waals surface area contributed by atoms with Gasteiger partial charge in [-0.2, -0.15) is 0 Å². The van der Waals surface area contributed by atoms with Gasteiger partial charge in [-0.1, -0.05) is 51.6 Å². The fraction of sp³-hybridized carbons (Fsp3) is 0.267. The van der Waals surface area contributed by atoms with Crippen LogP contribution >= 0.6 is 19.5 Å². The van der Waals surface area contributed by atoms with Crippen LogP contribution in [0.3, 0.4) is 0 Å². The summed E-state index contributed by atoms with van der Waals surface area (Å²) in [6.07, 6.45) is 6.04. The van der Waals surface area contributed by atoms with Gasteiger partial charge < -0.3 is 10.3 Å². The number of nitrogens with zero attached hydrogens (tertiary/aromatic N) is 1. The van der Waals surface area contributed by atoms with Crippen molar-refractivity contribution in [2.24, 2.45) is 0 Å². The van der Waals surface area contributed by atoms with Crippen molar-refractivity contribution in [3.05, 3.63) is 59.9 Å². The van der Waals surface area contributed by atoms with Crippen LogP contribution in [0.2, 0.25) is 5.02 Å². The zero-order valence-electron chi connectivity index (χ0n) is 12.8. The molecule has 1 heterocycles. The topological polar surface area (TPSA) is 82.1 Å². The maximum Gasteiger partial charge on any atom is 1.00 e. The molecule has 8 heteroatoms. The summed E-state index contributed by atoms with van der Waals surface area (Å²) in [4.78, 5) is 3.78. The van der Waals surface area contributed by atoms with E-state index in [1.54, 1.807) is 12.4 Å². The number of hydrogen-bond acceptors (Lipinski definition) is 4. The molecular formula is C15H19AuClINO3P. The maximum absolute atomic E-state index is 8.57. The van der Waals surface area contributed by atoms with Gasteiger partial charge in [-0.3, -0.25) is 4.98 Å². The molecule has 0 N–H and O–H groups in total. The first-order valence-corrected chi connectivity index (χ1v) is 11.3. The van der Waals surface area contributed by atoms with Crippen molar-refractivity contribution in [2.45, 2.75) is 13.8 Å². The van der Waals surface area contributed by atoms with Gasteiger partial charge in [0.25, 0.3) is 21.1 Å². The molecule has 1 aromatic heterocycles. The van der Waals surface area contributed by atoms with Crippen LogP contribution in [0.25, 0.3) is 0 Å². The Morgan fingerprint density at radius 1 is 0.957 bits per heavy atom. The molecule has 0 amide bonds. The monoisotopic (exact) mass is 651 g/mol. The maximum atomic E-state index is 8.57. The summed E-state index contributed by atoms with van der Waals surface area (Å²) in [5, 5.41) is 2.31. The molecule has 0 aliphatic heterocycles. The van der Waals surface area contributed by atoms with Gasteiger partial charge >= 0.3 is 22.4 Å². The third kappa shape index (κ3) is 15.7. The summed E-state index contributed by atoms with van der Waals surface area (Å²) in [7, 11) is 0.0776. The Kier molecular flexibility index (Phi) is 19.3. The Hall–Kier alpha value is 0.440. The first kappa shape index (κ1) is 25.7. The van der Waals surface area contributed by atoms with Crippen LogP contribution < -0.4 is 36.7 Å². The zero-order chi connectivity index (χ0) is 16.8. The first-order valence-electron chi connectivity index (χ1n) is 6.59. The van der Waals surface area contributed by atoms with Crippen LogP contribution in [-0.2, 0) is 22.4 Å². The predicted octanol–water partition coefficient (Wildman–Crippen LogP) is -2.00. The second-order valence-corrected chi connectivity index (χ2v) is 8.24. The van der Waals surface area contributed by atoms with Crippen LogP contribution in [0.4, 0.5) is 0 Å². The molecule has 0 fully saturated rings. The number of rotatable bonds is 3. The van der Waals surface area contributed by atoms with E-state index in [-0.39, 0.29) is 30.3 Å². The van der Waals surface area contributed by atoms with Gasteiger partial charge in [0.2, 0.25) is 0 Å². The molecule has 0 saturated carbocycles. The smallest absolute Gasteiger partial charge is 0.427 e. The molecule has 132 valence electrons. The molecule has 4 nitrogen and oxygen atoms in total. The van der Waals surface area contributed by atoms with E-state index < -0.39 is 21.1 Å². The third-order valence-corrected chi connectivity index (χ3v) is 5.33. The average Bonchev–Trinajstić information content (AvgIpc) is 2.52. The number of hydrogen-bond donors (Lipinski definition) is 0. The normalized spacial score (nSPS) is 9.22. The minimum absolute atomic E-state index is 0. The second kappa shape index (κ2) is 17.3. The summed E-state index contributed by atoms with van der Waals surface area (Å²) in [6.45, 7) is 4.51. The predicted molar refractivity (Wildman–Crippen MR) is 83.3 cm³/mol. The van der Waals surface area contributed by atoms with E-state index in [9.17, 15) is 0 Å². The number of benzene rings is 1. The Morgan fingerprint density at radius 2 is 1.39 bits per heavy atom. The summed E-state index contributed by atoms with van der Waals surface area (Å²) in [6, 6.07) is 14.0. The van der Waals surface area contributed by atoms with E-state index >= 15 is 0 Å². The molecule has 0 bridgehead atoms. The van der Waals surface area contributed by atoms with E-state index in [4.69, 9.17) is 21.9 Å². The van der Waals surface area contributed by atoms with Crippen molar-refractivity contribution in [1.29, 1.82) is 0 Å². The van der Waals surface area contributed by atoms with E-state index in [0.29, 0.717) is 0 Å². The largest absolute Gasteiger partial charge is 1.00 e. The molecule has 0 aliphatic rings. The van der Waals surface area contributed by atoms with Gasteiger partial charge in [0, 0.05) is 17.4 Å². The minimum Gasteiger partial charge on any atom is -0.427 e. The molecule has 2 aromatic rings. The molecule has 0 unspecified atom stereocenters. The first-order chi connectivity index (χ1) is 10.5. The van der Waals surface area contributed by atoms with Gasteiger partial charge in [0.05, 0.1) is 0 Å². The Morgan fingerprint density at radius 3 is 1.65 bits per heavy atom. The number of halogens is 2. The summed E-state index contributed by atoms with van der Waals surface area (Å²) < 4.78 is 25.7. The van der Waals surface area contributed by atoms with Crippen molar-refractivity contribution < 1.29 is 53.8 Å². The summed E-state index contributed by atoms with van der Waals surface area (Å²) >= 11 is 1.80. The van der Waals surface area contributed by atoms with Gasteiger partial charge in [0.1, 0.15) is 0 Å². The van der Waals surface area contributed by atoms with Gasteiger partial charge in [-0.15, -0.1) is 0 Å². The van der Waals surface area contributed by atoms with Crippen molar-refractivity contribution in [1.82, 2.24) is 4.98 Å². The third-order valence-electron chi connectivity index (χ3n) is 2.52. The standard InChI is InChI=1S/C10H14ClP.C5H5N.Au.IO3/c1-3-12(4-2)10-7-5-9(11)6-8-10;1-2-4-6-5-3-1;;2-1(3)4/h5-8H,3-4H2,1-2H3;1-5H;;/q;;+1;-1. The molecule has 23 heavy (non-hydrogen) atoms.